The van der Waals surface area contributed by atoms with Gasteiger partial charge in [-0.3, -0.25) is 0 Å². The molecule has 11 heteroatoms. The summed E-state index contributed by atoms with van der Waals surface area (Å²) in [6.07, 6.45) is 0. The maximum atomic E-state index is 0. The Morgan fingerprint density at radius 1 is 0.364 bits per heavy atom. The first-order chi connectivity index (χ1) is 0. The summed E-state index contributed by atoms with van der Waals surface area (Å²) < 4.78 is 0. The molecule has 0 heterocycles. The second-order valence-electron chi connectivity index (χ2n) is 0. The van der Waals surface area contributed by atoms with Crippen molar-refractivity contribution in [2.24, 2.45) is 0 Å². The smallest absolute Gasteiger partial charge is 0.870 e. The second kappa shape index (κ2) is 572. The maximum absolute atomic E-state index is 0. The molecule has 2 radical (unpaired) electrons. The average molecular weight is 276 g/mol. The molecule has 0 atom stereocenters. The third-order valence-corrected chi connectivity index (χ3v) is 0. The third kappa shape index (κ3) is 468. The van der Waals surface area contributed by atoms with Crippen LogP contribution in [0, 0.1) is 0 Å². The predicted octanol–water partition coefficient (Wildman–Crippen LogP) is -5.69. The van der Waals surface area contributed by atoms with Gasteiger partial charge in [0.25, 0.3) is 0 Å². The predicted molar refractivity (Wildman–Crippen MR) is 31.3 cm³/mol. The van der Waals surface area contributed by atoms with Crippen LogP contribution in [0.1, 0.15) is 0 Å². The fourth-order valence-electron chi connectivity index (χ4n) is 0. The van der Waals surface area contributed by atoms with Crippen LogP contribution in [-0.4, -0.2) is 66.9 Å². The zero-order valence-electron chi connectivity index (χ0n) is 5.36. The van der Waals surface area contributed by atoms with Gasteiger partial charge in [0.2, 0.25) is 0 Å². The van der Waals surface area contributed by atoms with Gasteiger partial charge in [0.05, 0.1) is 0 Å². The summed E-state index contributed by atoms with van der Waals surface area (Å²) in [6, 6.07) is 0. The minimum atomic E-state index is 0. The van der Waals surface area contributed by atoms with Crippen LogP contribution in [0.15, 0.2) is 0 Å². The van der Waals surface area contributed by atoms with E-state index in [0.717, 1.165) is 0 Å². The molecule has 0 aromatic carbocycles. The first-order valence-corrected chi connectivity index (χ1v) is 0. The number of rotatable bonds is 0. The normalized spacial score (nSPS) is 0. The Morgan fingerprint density at radius 3 is 0.364 bits per heavy atom. The molecule has 0 aliphatic carbocycles. The van der Waals surface area contributed by atoms with Gasteiger partial charge < -0.3 is 43.8 Å². The summed E-state index contributed by atoms with van der Waals surface area (Å²) in [6.45, 7) is 0. The van der Waals surface area contributed by atoms with Gasteiger partial charge in [0.1, 0.15) is 0 Å². The topological polar surface area (TPSA) is 249 Å². The van der Waals surface area contributed by atoms with Crippen LogP contribution in [0.4, 0.5) is 0 Å². The van der Waals surface area contributed by atoms with Gasteiger partial charge in [-0.05, 0) is 0 Å². The van der Waals surface area contributed by atoms with E-state index in [1.807, 2.05) is 0 Å². The van der Waals surface area contributed by atoms with Gasteiger partial charge in [-0.15, -0.1) is 0 Å². The van der Waals surface area contributed by atoms with Crippen molar-refractivity contribution in [3.63, 3.8) is 0 Å². The van der Waals surface area contributed by atoms with E-state index in [-0.39, 0.29) is 101 Å². The molecule has 0 saturated carbocycles. The van der Waals surface area contributed by atoms with Crippen molar-refractivity contribution in [3.8, 4) is 0 Å². The molecule has 78 valence electrons. The van der Waals surface area contributed by atoms with Crippen LogP contribution in [0.25, 0.3) is 0 Å². The summed E-state index contributed by atoms with van der Waals surface area (Å²) in [5.74, 6) is 0. The zero-order chi connectivity index (χ0) is 0. The van der Waals surface area contributed by atoms with Crippen molar-refractivity contribution < 1.29 is 77.9 Å². The van der Waals surface area contributed by atoms with Crippen LogP contribution in [0.5, 0.6) is 0 Å². The van der Waals surface area contributed by atoms with Gasteiger partial charge in [-0.2, -0.15) is 0 Å². The van der Waals surface area contributed by atoms with E-state index in [1.165, 1.54) is 0 Å². The van der Waals surface area contributed by atoms with Gasteiger partial charge >= 0.3 is 23.1 Å². The monoisotopic (exact) mass is 276 g/mol. The van der Waals surface area contributed by atoms with Crippen LogP contribution in [0.3, 0.4) is 0 Å². The fraction of sp³-hybridized carbons (Fsp3) is 0. The molecule has 0 bridgehead atoms. The standard InChI is InChI=1S/Mg.2Mn.8H2O/h;;;8*1H2/q+2;;;;;;;;;;/p-2. The Labute approximate surface area is 101 Å². The van der Waals surface area contributed by atoms with Crippen molar-refractivity contribution in [2.45, 2.75) is 0 Å². The Hall–Kier alpha value is 1.49. The SMILES string of the molecule is O.O.O.O.O.O.[Mg+2].[Mn].[Mn].[OH-].[OH-]. The van der Waals surface area contributed by atoms with Crippen LogP contribution >= 0.6 is 0 Å². The molecular formula is H14MgMn2O8. The van der Waals surface area contributed by atoms with E-state index in [1.54, 1.807) is 0 Å². The molecule has 8 nitrogen and oxygen atoms in total. The van der Waals surface area contributed by atoms with Crippen molar-refractivity contribution in [1.82, 2.24) is 0 Å². The second-order valence-corrected chi connectivity index (χ2v) is 0. The molecular weight excluding hydrogens is 262 g/mol. The molecule has 0 aromatic rings. The average Bonchev–Trinajstić information content (AvgIpc) is 0. The van der Waals surface area contributed by atoms with Crippen LogP contribution in [0.2, 0.25) is 0 Å². The molecule has 14 N–H and O–H groups in total. The van der Waals surface area contributed by atoms with Gasteiger partial charge in [-0.1, -0.05) is 0 Å². The van der Waals surface area contributed by atoms with Gasteiger partial charge in [-0.25, -0.2) is 0 Å². The summed E-state index contributed by atoms with van der Waals surface area (Å²) >= 11 is 0. The molecule has 0 unspecified atom stereocenters. The van der Waals surface area contributed by atoms with E-state index in [4.69, 9.17) is 0 Å². The van der Waals surface area contributed by atoms with Crippen molar-refractivity contribution in [2.75, 3.05) is 0 Å². The fourth-order valence-corrected chi connectivity index (χ4v) is 0. The van der Waals surface area contributed by atoms with Crippen LogP contribution < -0.4 is 0 Å². The van der Waals surface area contributed by atoms with E-state index in [9.17, 15) is 0 Å². The maximum Gasteiger partial charge on any atom is 2.00 e. The van der Waals surface area contributed by atoms with Crippen LogP contribution in [-0.2, 0) is 34.1 Å². The van der Waals surface area contributed by atoms with E-state index in [0.29, 0.717) is 0 Å². The molecule has 0 fully saturated rings. The molecule has 0 saturated heterocycles. The zero-order valence-corrected chi connectivity index (χ0v) is 9.13. The Balaban J connectivity index is 0. The van der Waals surface area contributed by atoms with Gasteiger partial charge in [0.15, 0.2) is 0 Å². The van der Waals surface area contributed by atoms with Crippen molar-refractivity contribution in [3.05, 3.63) is 0 Å². The third-order valence-electron chi connectivity index (χ3n) is 0. The first kappa shape index (κ1) is 747. The minimum absolute atomic E-state index is 0. The molecule has 0 aliphatic heterocycles. The Morgan fingerprint density at radius 2 is 0.364 bits per heavy atom. The molecule has 0 amide bonds. The molecule has 11 heavy (non-hydrogen) atoms. The Kier molecular flexibility index (Phi) is 38900. The summed E-state index contributed by atoms with van der Waals surface area (Å²) in [7, 11) is 0. The van der Waals surface area contributed by atoms with Crippen molar-refractivity contribution >= 4 is 23.1 Å². The van der Waals surface area contributed by atoms with Gasteiger partial charge in [0, 0.05) is 34.1 Å². The largest absolute Gasteiger partial charge is 2.00 e. The Bertz CT molecular complexity index is 12.1. The van der Waals surface area contributed by atoms with E-state index < -0.39 is 0 Å². The molecule has 0 aliphatic rings. The number of hydrogen-bond acceptors (Lipinski definition) is 2. The molecule has 0 aromatic heterocycles. The quantitative estimate of drug-likeness (QED) is 0.392. The summed E-state index contributed by atoms with van der Waals surface area (Å²) in [5.41, 5.74) is 0. The van der Waals surface area contributed by atoms with Crippen molar-refractivity contribution in [1.29, 1.82) is 0 Å². The number of hydrogen-bond donors (Lipinski definition) is 0. The van der Waals surface area contributed by atoms with E-state index >= 15 is 0 Å². The summed E-state index contributed by atoms with van der Waals surface area (Å²) in [5, 5.41) is 0. The van der Waals surface area contributed by atoms with E-state index in [2.05, 4.69) is 0 Å². The summed E-state index contributed by atoms with van der Waals surface area (Å²) in [4.78, 5) is 0. The molecule has 0 rings (SSSR count). The first-order valence-electron chi connectivity index (χ1n) is 0. The molecule has 0 spiro atoms. The minimum Gasteiger partial charge on any atom is -0.870 e.